The normalized spacial score (nSPS) is 13.7. The second kappa shape index (κ2) is 71.0. The van der Waals surface area contributed by atoms with Gasteiger partial charge in [0.05, 0.1) is 27.7 Å². The van der Waals surface area contributed by atoms with Crippen LogP contribution in [0.1, 0.15) is 341 Å². The van der Waals surface area contributed by atoms with Gasteiger partial charge in [-0.25, -0.2) is 4.57 Å². The number of ether oxygens (including phenoxy) is 2. The van der Waals surface area contributed by atoms with Gasteiger partial charge in [-0.3, -0.25) is 18.6 Å². The van der Waals surface area contributed by atoms with Gasteiger partial charge in [0.1, 0.15) is 19.8 Å². The fourth-order valence-corrected chi connectivity index (χ4v) is 11.5. The van der Waals surface area contributed by atoms with Crippen LogP contribution in [0, 0.1) is 0 Å². The number of hydrogen-bond acceptors (Lipinski definition) is 7. The summed E-state index contributed by atoms with van der Waals surface area (Å²) >= 11 is 0. The average Bonchev–Trinajstić information content (AvgIpc) is 3.62. The Hall–Kier alpha value is -3.33. The highest BCUT2D eigenvalue weighted by Crippen LogP contribution is 2.43. The molecule has 0 aromatic rings. The lowest BCUT2D eigenvalue weighted by Gasteiger charge is -2.24. The first kappa shape index (κ1) is 87.7. The maximum absolute atomic E-state index is 12.9. The number of hydrogen-bond donors (Lipinski definition) is 1. The van der Waals surface area contributed by atoms with Crippen molar-refractivity contribution in [2.24, 2.45) is 0 Å². The first-order chi connectivity index (χ1) is 44.5. The lowest BCUT2D eigenvalue weighted by atomic mass is 10.0. The molecule has 0 aromatic heterocycles. The molecule has 0 aliphatic rings. The number of rotatable bonds is 70. The maximum Gasteiger partial charge on any atom is 0.472 e. The van der Waals surface area contributed by atoms with Crippen LogP contribution in [0.25, 0.3) is 0 Å². The molecule has 0 saturated heterocycles. The highest BCUT2D eigenvalue weighted by molar-refractivity contribution is 7.47. The molecule has 0 heterocycles. The first-order valence-electron chi connectivity index (χ1n) is 38.1. The summed E-state index contributed by atoms with van der Waals surface area (Å²) in [6.45, 7) is 4.33. The zero-order valence-electron chi connectivity index (χ0n) is 60.1. The highest BCUT2D eigenvalue weighted by atomic mass is 31.2. The zero-order chi connectivity index (χ0) is 66.2. The summed E-state index contributed by atoms with van der Waals surface area (Å²) in [5.74, 6) is -0.813. The molecule has 2 unspecified atom stereocenters. The van der Waals surface area contributed by atoms with Crippen molar-refractivity contribution in [3.63, 3.8) is 0 Å². The van der Waals surface area contributed by atoms with Crippen molar-refractivity contribution in [1.82, 2.24) is 0 Å². The smallest absolute Gasteiger partial charge is 0.462 e. The minimum Gasteiger partial charge on any atom is -0.462 e. The summed E-state index contributed by atoms with van der Waals surface area (Å²) in [4.78, 5) is 35.9. The molecule has 9 nitrogen and oxygen atoms in total. The molecule has 0 aliphatic carbocycles. The second-order valence-electron chi connectivity index (χ2n) is 26.7. The van der Waals surface area contributed by atoms with Crippen molar-refractivity contribution in [2.45, 2.75) is 347 Å². The molecule has 0 radical (unpaired) electrons. The Morgan fingerprint density at radius 2 is 0.626 bits per heavy atom. The van der Waals surface area contributed by atoms with E-state index in [1.165, 1.54) is 199 Å². The highest BCUT2D eigenvalue weighted by Gasteiger charge is 2.27. The molecule has 0 saturated carbocycles. The van der Waals surface area contributed by atoms with Crippen LogP contribution < -0.4 is 0 Å². The Morgan fingerprint density at radius 1 is 0.352 bits per heavy atom. The number of quaternary nitrogens is 1. The van der Waals surface area contributed by atoms with E-state index in [0.717, 1.165) is 109 Å². The van der Waals surface area contributed by atoms with Gasteiger partial charge < -0.3 is 18.9 Å². The van der Waals surface area contributed by atoms with Crippen LogP contribution in [0.3, 0.4) is 0 Å². The van der Waals surface area contributed by atoms with Gasteiger partial charge in [0.25, 0.3) is 0 Å². The van der Waals surface area contributed by atoms with Gasteiger partial charge in [0.2, 0.25) is 0 Å². The minimum absolute atomic E-state index is 0.0237. The molecule has 0 spiro atoms. The average molecular weight is 1290 g/mol. The molecule has 0 aromatic carbocycles. The molecule has 0 bridgehead atoms. The molecule has 2 atom stereocenters. The van der Waals surface area contributed by atoms with Gasteiger partial charge in [-0.15, -0.1) is 0 Å². The Bertz CT molecular complexity index is 1910. The monoisotopic (exact) mass is 1290 g/mol. The Kier molecular flexibility index (Phi) is 68.4. The van der Waals surface area contributed by atoms with Crippen molar-refractivity contribution in [3.05, 3.63) is 109 Å². The summed E-state index contributed by atoms with van der Waals surface area (Å²) in [6.07, 6.45) is 101. The van der Waals surface area contributed by atoms with E-state index in [4.69, 9.17) is 18.5 Å². The third-order valence-electron chi connectivity index (χ3n) is 16.6. The van der Waals surface area contributed by atoms with Crippen LogP contribution in [0.4, 0.5) is 0 Å². The third kappa shape index (κ3) is 75.6. The number of carbonyl (C=O) groups is 2. The number of phosphoric ester groups is 1. The number of unbranched alkanes of at least 4 members (excludes halogenated alkanes) is 38. The van der Waals surface area contributed by atoms with E-state index in [1.807, 2.05) is 21.1 Å². The van der Waals surface area contributed by atoms with E-state index in [-0.39, 0.29) is 32.0 Å². The molecular formula is C81H145NO8P+. The molecule has 0 rings (SSSR count). The van der Waals surface area contributed by atoms with Crippen molar-refractivity contribution in [2.75, 3.05) is 47.5 Å². The van der Waals surface area contributed by atoms with Gasteiger partial charge >= 0.3 is 19.8 Å². The predicted molar refractivity (Wildman–Crippen MR) is 395 cm³/mol. The number of carbonyl (C=O) groups excluding carboxylic acids is 2. The fraction of sp³-hybridized carbons (Fsp3) is 0.753. The van der Waals surface area contributed by atoms with Crippen LogP contribution in [0.2, 0.25) is 0 Å². The SMILES string of the molecule is CC/C=C\C/C=C\C/C=C\C/C=C\C/C=C\C/C=C\C/C=C\C/C=C\C/C=C\CCCCCCCC(=O)OC(COC(=O)CCCCCCCCCCCCCCCCCCCCCCCCCCCCCCCCCCCC)COP(=O)(O)OCC[N+](C)(C)C. The Balaban J connectivity index is 4.05. The summed E-state index contributed by atoms with van der Waals surface area (Å²) in [7, 11) is 1.46. The fourth-order valence-electron chi connectivity index (χ4n) is 10.8. The summed E-state index contributed by atoms with van der Waals surface area (Å²) in [5, 5.41) is 0. The number of allylic oxidation sites excluding steroid dienone is 18. The summed E-state index contributed by atoms with van der Waals surface area (Å²) in [6, 6.07) is 0. The lowest BCUT2D eigenvalue weighted by Crippen LogP contribution is -2.37. The number of nitrogens with zero attached hydrogens (tertiary/aromatic N) is 1. The van der Waals surface area contributed by atoms with Gasteiger partial charge in [0, 0.05) is 12.8 Å². The molecule has 0 aliphatic heterocycles. The van der Waals surface area contributed by atoms with Crippen LogP contribution in [-0.4, -0.2) is 74.9 Å². The summed E-state index contributed by atoms with van der Waals surface area (Å²) < 4.78 is 34.7. The zero-order valence-corrected chi connectivity index (χ0v) is 61.0. The molecule has 1 N–H and O–H groups in total. The second-order valence-corrected chi connectivity index (χ2v) is 28.1. The van der Waals surface area contributed by atoms with Crippen LogP contribution in [0.5, 0.6) is 0 Å². The Labute approximate surface area is 563 Å². The molecular weight excluding hydrogens is 1150 g/mol. The van der Waals surface area contributed by atoms with Crippen molar-refractivity contribution in [3.8, 4) is 0 Å². The van der Waals surface area contributed by atoms with E-state index in [1.54, 1.807) is 0 Å². The third-order valence-corrected chi connectivity index (χ3v) is 17.6. The molecule has 10 heteroatoms. The van der Waals surface area contributed by atoms with Gasteiger partial charge in [0.15, 0.2) is 6.10 Å². The molecule has 0 amide bonds. The van der Waals surface area contributed by atoms with Crippen LogP contribution >= 0.6 is 7.82 Å². The van der Waals surface area contributed by atoms with E-state index in [0.29, 0.717) is 17.4 Å². The first-order valence-corrected chi connectivity index (χ1v) is 39.6. The Morgan fingerprint density at radius 3 is 0.934 bits per heavy atom. The predicted octanol–water partition coefficient (Wildman–Crippen LogP) is 25.2. The topological polar surface area (TPSA) is 108 Å². The molecule has 526 valence electrons. The van der Waals surface area contributed by atoms with E-state index in [9.17, 15) is 19.0 Å². The molecule has 0 fully saturated rings. The minimum atomic E-state index is -4.41. The van der Waals surface area contributed by atoms with Crippen LogP contribution in [0.15, 0.2) is 109 Å². The lowest BCUT2D eigenvalue weighted by molar-refractivity contribution is -0.870. The largest absolute Gasteiger partial charge is 0.472 e. The number of esters is 2. The molecule has 91 heavy (non-hydrogen) atoms. The van der Waals surface area contributed by atoms with E-state index < -0.39 is 26.5 Å². The van der Waals surface area contributed by atoms with Gasteiger partial charge in [-0.2, -0.15) is 0 Å². The number of phosphoric acid groups is 1. The number of likely N-dealkylation sites (N-methyl/N-ethyl adjacent to an activating group) is 1. The van der Waals surface area contributed by atoms with Gasteiger partial charge in [-0.05, 0) is 83.5 Å². The van der Waals surface area contributed by atoms with Crippen LogP contribution in [-0.2, 0) is 32.7 Å². The van der Waals surface area contributed by atoms with E-state index in [2.05, 4.69) is 123 Å². The maximum atomic E-state index is 12.9. The van der Waals surface area contributed by atoms with Gasteiger partial charge in [-0.1, -0.05) is 354 Å². The quantitative estimate of drug-likeness (QED) is 0.0211. The van der Waals surface area contributed by atoms with Crippen molar-refractivity contribution < 1.29 is 42.1 Å². The van der Waals surface area contributed by atoms with Crippen molar-refractivity contribution in [1.29, 1.82) is 0 Å². The van der Waals surface area contributed by atoms with E-state index >= 15 is 0 Å². The van der Waals surface area contributed by atoms with Crippen molar-refractivity contribution >= 4 is 19.8 Å². The summed E-state index contributed by atoms with van der Waals surface area (Å²) in [5.41, 5.74) is 0. The standard InChI is InChI=1S/C81H144NO8P/c1-6-8-10-12-14-16-18-20-22-24-26-28-30-32-34-36-38-40-42-43-45-47-49-51-53-55-57-59-61-63-65-67-69-71-73-80(83)87-77-79(78-89-91(85,86)88-76-75-82(3,4)5)90-81(84)74-72-70-68-66-64-62-60-58-56-54-52-50-48-46-44-41-39-37-35-33-31-29-27-25-23-21-19-17-15-13-11-9-7-2/h9,11,15,17,21,23,27,29,33,35,39,41,46,48,52,54,58,60,79H,6-8,10,12-14,16,18-20,22,24-26,28,30-32,34,36-38,40,42-45,47,49-51,53,55-57,59,61-78H2,1-5H3/p+1/b11-9-,17-15-,23-21-,29-27-,35-33-,41-39-,48-46-,54-52-,60-58-.